The molecule has 0 amide bonds. The van der Waals surface area contributed by atoms with E-state index in [0.29, 0.717) is 24.3 Å². The fraction of sp³-hybridized carbons (Fsp3) is 0.440. The van der Waals surface area contributed by atoms with Crippen LogP contribution in [0.3, 0.4) is 0 Å². The molecule has 2 aromatic carbocycles. The van der Waals surface area contributed by atoms with E-state index in [1.807, 2.05) is 43.3 Å². The number of ether oxygens (including phenoxy) is 2. The van der Waals surface area contributed by atoms with E-state index in [1.54, 1.807) is 24.3 Å². The summed E-state index contributed by atoms with van der Waals surface area (Å²) in [5.74, 6) is -0.448. The highest BCUT2D eigenvalue weighted by Crippen LogP contribution is 2.06. The third-order valence-corrected chi connectivity index (χ3v) is 4.19. The maximum Gasteiger partial charge on any atom is 0.338 e. The maximum atomic E-state index is 11.6. The van der Waals surface area contributed by atoms with Gasteiger partial charge in [-0.3, -0.25) is 0 Å². The molecule has 29 heavy (non-hydrogen) atoms. The molecule has 0 spiro atoms. The van der Waals surface area contributed by atoms with Crippen molar-refractivity contribution >= 4 is 11.9 Å². The van der Waals surface area contributed by atoms with Gasteiger partial charge in [0.2, 0.25) is 0 Å². The third kappa shape index (κ3) is 11.7. The Labute approximate surface area is 175 Å². The van der Waals surface area contributed by atoms with Crippen molar-refractivity contribution in [2.75, 3.05) is 13.2 Å². The van der Waals surface area contributed by atoms with Gasteiger partial charge in [-0.25, -0.2) is 9.59 Å². The zero-order valence-electron chi connectivity index (χ0n) is 17.8. The number of carbonyl (C=O) groups excluding carboxylic acids is 2. The summed E-state index contributed by atoms with van der Waals surface area (Å²) in [4.78, 5) is 22.7. The topological polar surface area (TPSA) is 52.6 Å². The normalized spacial score (nSPS) is 9.86. The summed E-state index contributed by atoms with van der Waals surface area (Å²) in [5, 5.41) is 0. The van der Waals surface area contributed by atoms with Crippen LogP contribution >= 0.6 is 0 Å². The van der Waals surface area contributed by atoms with Crippen molar-refractivity contribution in [3.8, 4) is 0 Å². The molecular formula is C25H34O4. The van der Waals surface area contributed by atoms with E-state index in [2.05, 4.69) is 6.92 Å². The van der Waals surface area contributed by atoms with Gasteiger partial charge in [0.15, 0.2) is 0 Å². The van der Waals surface area contributed by atoms with Gasteiger partial charge in [0.1, 0.15) is 0 Å². The molecule has 0 fully saturated rings. The summed E-state index contributed by atoms with van der Waals surface area (Å²) in [7, 11) is 0. The number of unbranched alkanes of at least 4 members (excludes halogenated alkanes) is 5. The van der Waals surface area contributed by atoms with E-state index in [-0.39, 0.29) is 11.9 Å². The third-order valence-electron chi connectivity index (χ3n) is 4.19. The molecular weight excluding hydrogens is 364 g/mol. The summed E-state index contributed by atoms with van der Waals surface area (Å²) < 4.78 is 10.1. The molecule has 0 aromatic heterocycles. The van der Waals surface area contributed by atoms with Gasteiger partial charge in [-0.15, -0.1) is 0 Å². The zero-order chi connectivity index (χ0) is 21.2. The lowest BCUT2D eigenvalue weighted by Gasteiger charge is -2.04. The minimum atomic E-state index is -0.238. The quantitative estimate of drug-likeness (QED) is 0.322. The second-order valence-corrected chi connectivity index (χ2v) is 6.77. The van der Waals surface area contributed by atoms with Gasteiger partial charge in [0.05, 0.1) is 24.3 Å². The molecule has 158 valence electrons. The summed E-state index contributed by atoms with van der Waals surface area (Å²) in [6, 6.07) is 18.2. The maximum absolute atomic E-state index is 11.6. The number of esters is 2. The second kappa shape index (κ2) is 16.3. The van der Waals surface area contributed by atoms with Gasteiger partial charge in [0, 0.05) is 0 Å². The van der Waals surface area contributed by atoms with Crippen LogP contribution in [0, 0.1) is 0 Å². The molecule has 0 aliphatic carbocycles. The van der Waals surface area contributed by atoms with Gasteiger partial charge >= 0.3 is 11.9 Å². The standard InChI is InChI=1S/C15H22O2.C10H12O2/c1-2-3-4-5-6-10-13-17-15(16)14-11-8-7-9-12-14;1-2-8-12-10(11)9-6-4-3-5-7-9/h7-9,11-12H,2-6,10,13H2,1H3;3-7H,2,8H2,1H3. The fourth-order valence-electron chi connectivity index (χ4n) is 2.56. The Kier molecular flexibility index (Phi) is 13.8. The molecule has 4 nitrogen and oxygen atoms in total. The Morgan fingerprint density at radius 3 is 1.52 bits per heavy atom. The van der Waals surface area contributed by atoms with Gasteiger partial charge in [-0.1, -0.05) is 82.3 Å². The van der Waals surface area contributed by atoms with Crippen LogP contribution in [0.25, 0.3) is 0 Å². The average Bonchev–Trinajstić information content (AvgIpc) is 2.78. The van der Waals surface area contributed by atoms with Gasteiger partial charge in [-0.2, -0.15) is 0 Å². The molecule has 0 heterocycles. The van der Waals surface area contributed by atoms with E-state index in [0.717, 1.165) is 19.3 Å². The molecule has 0 radical (unpaired) electrons. The minimum Gasteiger partial charge on any atom is -0.462 e. The van der Waals surface area contributed by atoms with Gasteiger partial charge < -0.3 is 9.47 Å². The molecule has 0 N–H and O–H groups in total. The van der Waals surface area contributed by atoms with Gasteiger partial charge in [-0.05, 0) is 37.1 Å². The van der Waals surface area contributed by atoms with E-state index < -0.39 is 0 Å². The van der Waals surface area contributed by atoms with Crippen LogP contribution in [0.4, 0.5) is 0 Å². The van der Waals surface area contributed by atoms with Crippen LogP contribution in [0.5, 0.6) is 0 Å². The average molecular weight is 399 g/mol. The molecule has 4 heteroatoms. The first-order valence-corrected chi connectivity index (χ1v) is 10.6. The first kappa shape index (κ1) is 24.4. The van der Waals surface area contributed by atoms with Gasteiger partial charge in [0.25, 0.3) is 0 Å². The van der Waals surface area contributed by atoms with Crippen molar-refractivity contribution < 1.29 is 19.1 Å². The van der Waals surface area contributed by atoms with E-state index >= 15 is 0 Å². The molecule has 0 aliphatic heterocycles. The van der Waals surface area contributed by atoms with Crippen molar-refractivity contribution in [2.45, 2.75) is 58.8 Å². The summed E-state index contributed by atoms with van der Waals surface area (Å²) in [6.45, 7) is 5.22. The molecule has 2 rings (SSSR count). The predicted octanol–water partition coefficient (Wildman–Crippen LogP) is 6.46. The van der Waals surface area contributed by atoms with Crippen molar-refractivity contribution in [2.24, 2.45) is 0 Å². The summed E-state index contributed by atoms with van der Waals surface area (Å²) >= 11 is 0. The molecule has 0 saturated carbocycles. The molecule has 0 unspecified atom stereocenters. The lowest BCUT2D eigenvalue weighted by atomic mass is 10.1. The Hall–Kier alpha value is -2.62. The number of rotatable bonds is 11. The molecule has 2 aromatic rings. The fourth-order valence-corrected chi connectivity index (χ4v) is 2.56. The molecule has 0 aliphatic rings. The van der Waals surface area contributed by atoms with Crippen molar-refractivity contribution in [1.29, 1.82) is 0 Å². The van der Waals surface area contributed by atoms with E-state index in [9.17, 15) is 9.59 Å². The smallest absolute Gasteiger partial charge is 0.338 e. The summed E-state index contributed by atoms with van der Waals surface area (Å²) in [6.07, 6.45) is 8.11. The van der Waals surface area contributed by atoms with Crippen molar-refractivity contribution in [3.05, 3.63) is 71.8 Å². The zero-order valence-corrected chi connectivity index (χ0v) is 17.8. The predicted molar refractivity (Wildman–Crippen MR) is 117 cm³/mol. The minimum absolute atomic E-state index is 0.209. The van der Waals surface area contributed by atoms with Crippen LogP contribution in [0.2, 0.25) is 0 Å². The molecule has 0 atom stereocenters. The van der Waals surface area contributed by atoms with Crippen LogP contribution in [0.1, 0.15) is 79.5 Å². The van der Waals surface area contributed by atoms with Crippen LogP contribution in [0.15, 0.2) is 60.7 Å². The number of benzene rings is 2. The van der Waals surface area contributed by atoms with Crippen LogP contribution in [-0.4, -0.2) is 25.2 Å². The number of carbonyl (C=O) groups is 2. The monoisotopic (exact) mass is 398 g/mol. The summed E-state index contributed by atoms with van der Waals surface area (Å²) in [5.41, 5.74) is 1.25. The molecule has 0 saturated heterocycles. The Morgan fingerprint density at radius 1 is 0.586 bits per heavy atom. The Balaban J connectivity index is 0.000000308. The molecule has 0 bridgehead atoms. The largest absolute Gasteiger partial charge is 0.462 e. The number of hydrogen-bond donors (Lipinski definition) is 0. The van der Waals surface area contributed by atoms with Crippen LogP contribution in [-0.2, 0) is 9.47 Å². The SMILES string of the molecule is CCCCCCCCOC(=O)c1ccccc1.CCCOC(=O)c1ccccc1. The van der Waals surface area contributed by atoms with E-state index in [1.165, 1.54) is 25.7 Å². The number of hydrogen-bond acceptors (Lipinski definition) is 4. The first-order chi connectivity index (χ1) is 14.2. The first-order valence-electron chi connectivity index (χ1n) is 10.6. The van der Waals surface area contributed by atoms with E-state index in [4.69, 9.17) is 9.47 Å². The lowest BCUT2D eigenvalue weighted by Crippen LogP contribution is -2.06. The highest BCUT2D eigenvalue weighted by atomic mass is 16.5. The van der Waals surface area contributed by atoms with Crippen LogP contribution < -0.4 is 0 Å². The van der Waals surface area contributed by atoms with Crippen molar-refractivity contribution in [1.82, 2.24) is 0 Å². The highest BCUT2D eigenvalue weighted by Gasteiger charge is 2.05. The van der Waals surface area contributed by atoms with Crippen molar-refractivity contribution in [3.63, 3.8) is 0 Å². The highest BCUT2D eigenvalue weighted by molar-refractivity contribution is 5.89. The lowest BCUT2D eigenvalue weighted by molar-refractivity contribution is 0.0491. The Bertz CT molecular complexity index is 668. The second-order valence-electron chi connectivity index (χ2n) is 6.77. The Morgan fingerprint density at radius 2 is 1.03 bits per heavy atom.